The third kappa shape index (κ3) is 4.32. The standard InChI is InChI=1S/C35H37FN8O2/c1-8-27(45)42-15-21(6)43-22(17-42)16-41(7)33-29-26(13-23(30(33)36)28-19(4)9-10-25-24(28)14-38-40-25)44(35(46)39-34(29)43)32-20(5)11-12-37-31(32)18(2)3/h8-14,18,21-22H,1,15-17H2,2-7H3,(H,38,40). The molecule has 2 unspecified atom stereocenters. The van der Waals surface area contributed by atoms with Gasteiger partial charge in [0.1, 0.15) is 5.82 Å². The molecule has 236 valence electrons. The fourth-order valence-electron chi connectivity index (χ4n) is 7.47. The zero-order valence-corrected chi connectivity index (χ0v) is 26.9. The summed E-state index contributed by atoms with van der Waals surface area (Å²) in [5.41, 5.74) is 5.45. The second-order valence-electron chi connectivity index (χ2n) is 12.9. The van der Waals surface area contributed by atoms with Crippen molar-refractivity contribution in [2.75, 3.05) is 36.5 Å². The van der Waals surface area contributed by atoms with Gasteiger partial charge in [0.2, 0.25) is 5.91 Å². The number of halogens is 1. The number of likely N-dealkylation sites (N-methyl/N-ethyl adjacent to an activating group) is 1. The van der Waals surface area contributed by atoms with Crippen LogP contribution in [0.1, 0.15) is 43.5 Å². The number of aryl methyl sites for hydroxylation is 2. The lowest BCUT2D eigenvalue weighted by Crippen LogP contribution is -2.61. The minimum atomic E-state index is -0.470. The number of carbonyl (C=O) groups excluding carboxylic acids is 1. The highest BCUT2D eigenvalue weighted by Crippen LogP contribution is 2.46. The molecule has 0 spiro atoms. The van der Waals surface area contributed by atoms with Crippen molar-refractivity contribution in [3.05, 3.63) is 82.4 Å². The van der Waals surface area contributed by atoms with E-state index in [1.807, 2.05) is 64.8 Å². The van der Waals surface area contributed by atoms with Crippen LogP contribution < -0.4 is 15.5 Å². The van der Waals surface area contributed by atoms with Gasteiger partial charge in [-0.1, -0.05) is 26.5 Å². The Balaban J connectivity index is 1.63. The van der Waals surface area contributed by atoms with Crippen LogP contribution in [0, 0.1) is 19.7 Å². The Bertz CT molecular complexity index is 2130. The van der Waals surface area contributed by atoms with Crippen LogP contribution in [0.5, 0.6) is 0 Å². The normalized spacial score (nSPS) is 18.0. The van der Waals surface area contributed by atoms with Gasteiger partial charge in [0.25, 0.3) is 0 Å². The summed E-state index contributed by atoms with van der Waals surface area (Å²) in [5, 5.41) is 8.60. The summed E-state index contributed by atoms with van der Waals surface area (Å²) in [6, 6.07) is 7.12. The Morgan fingerprint density at radius 2 is 1.91 bits per heavy atom. The number of nitrogens with zero attached hydrogens (tertiary/aromatic N) is 7. The van der Waals surface area contributed by atoms with E-state index in [-0.39, 0.29) is 23.9 Å². The summed E-state index contributed by atoms with van der Waals surface area (Å²) in [6.45, 7) is 14.9. The van der Waals surface area contributed by atoms with Crippen LogP contribution >= 0.6 is 0 Å². The summed E-state index contributed by atoms with van der Waals surface area (Å²) < 4.78 is 19.0. The van der Waals surface area contributed by atoms with E-state index in [1.165, 1.54) is 6.08 Å². The van der Waals surface area contributed by atoms with Gasteiger partial charge < -0.3 is 14.7 Å². The van der Waals surface area contributed by atoms with Crippen LogP contribution in [0.3, 0.4) is 0 Å². The topological polar surface area (TPSA) is 103 Å². The maximum atomic E-state index is 17.4. The van der Waals surface area contributed by atoms with Gasteiger partial charge in [-0.15, -0.1) is 0 Å². The fourth-order valence-corrected chi connectivity index (χ4v) is 7.47. The van der Waals surface area contributed by atoms with Crippen LogP contribution in [0.25, 0.3) is 38.6 Å². The van der Waals surface area contributed by atoms with E-state index in [0.717, 1.165) is 27.7 Å². The molecule has 1 amide bonds. The van der Waals surface area contributed by atoms with Crippen LogP contribution in [-0.2, 0) is 4.79 Å². The number of fused-ring (bicyclic) bond motifs is 3. The molecule has 0 aliphatic carbocycles. The number of carbonyl (C=O) groups is 1. The predicted octanol–water partition coefficient (Wildman–Crippen LogP) is 5.24. The van der Waals surface area contributed by atoms with Crippen LogP contribution in [0.4, 0.5) is 15.9 Å². The van der Waals surface area contributed by atoms with Gasteiger partial charge in [0, 0.05) is 49.9 Å². The van der Waals surface area contributed by atoms with E-state index in [4.69, 9.17) is 9.97 Å². The number of pyridine rings is 1. The lowest BCUT2D eigenvalue weighted by atomic mass is 9.94. The third-order valence-electron chi connectivity index (χ3n) is 9.48. The van der Waals surface area contributed by atoms with Gasteiger partial charge in [0.05, 0.1) is 45.7 Å². The largest absolute Gasteiger partial charge is 0.369 e. The number of H-pyrrole nitrogens is 1. The van der Waals surface area contributed by atoms with Crippen molar-refractivity contribution in [2.45, 2.75) is 52.6 Å². The molecular formula is C35H37FN8O2. The van der Waals surface area contributed by atoms with Crippen molar-refractivity contribution in [1.82, 2.24) is 29.6 Å². The number of piperazine rings is 1. The summed E-state index contributed by atoms with van der Waals surface area (Å²) in [5.74, 6) is -0.125. The molecule has 1 saturated heterocycles. The number of benzene rings is 2. The first-order valence-corrected chi connectivity index (χ1v) is 15.6. The highest BCUT2D eigenvalue weighted by atomic mass is 19.1. The average Bonchev–Trinajstić information content (AvgIpc) is 3.45. The van der Waals surface area contributed by atoms with Gasteiger partial charge in [0.15, 0.2) is 5.82 Å². The van der Waals surface area contributed by atoms with Gasteiger partial charge >= 0.3 is 5.69 Å². The Morgan fingerprint density at radius 3 is 2.65 bits per heavy atom. The first-order chi connectivity index (χ1) is 22.0. The van der Waals surface area contributed by atoms with Crippen molar-refractivity contribution in [3.8, 4) is 16.8 Å². The van der Waals surface area contributed by atoms with Gasteiger partial charge in [-0.2, -0.15) is 10.1 Å². The number of aromatic nitrogens is 5. The first kappa shape index (κ1) is 29.6. The molecule has 1 fully saturated rings. The zero-order chi connectivity index (χ0) is 32.6. The molecule has 3 aromatic heterocycles. The molecule has 2 aromatic carbocycles. The predicted molar refractivity (Wildman–Crippen MR) is 180 cm³/mol. The second kappa shape index (κ2) is 10.8. The quantitative estimate of drug-likeness (QED) is 0.274. The van der Waals surface area contributed by atoms with Gasteiger partial charge in [-0.25, -0.2) is 9.18 Å². The number of aromatic amines is 1. The maximum Gasteiger partial charge on any atom is 0.354 e. The molecule has 7 rings (SSSR count). The Kier molecular flexibility index (Phi) is 6.95. The summed E-state index contributed by atoms with van der Waals surface area (Å²) in [6.07, 6.45) is 4.78. The Morgan fingerprint density at radius 1 is 1.13 bits per heavy atom. The van der Waals surface area contributed by atoms with E-state index < -0.39 is 11.5 Å². The number of anilines is 2. The van der Waals surface area contributed by atoms with Gasteiger partial charge in [-0.05, 0) is 67.7 Å². The number of nitrogens with one attached hydrogen (secondary N) is 1. The molecule has 1 N–H and O–H groups in total. The Labute approximate surface area is 266 Å². The maximum absolute atomic E-state index is 17.4. The SMILES string of the molecule is C=CC(=O)N1CC(C)N2c3nc(=O)n(-c4c(C)ccnc4C(C)C)c4cc(-c5c(C)ccc6[nH]ncc56)c(F)c(c34)N(C)CC2C1. The van der Waals surface area contributed by atoms with Crippen molar-refractivity contribution in [2.24, 2.45) is 0 Å². The van der Waals surface area contributed by atoms with Crippen molar-refractivity contribution >= 4 is 39.2 Å². The van der Waals surface area contributed by atoms with E-state index in [9.17, 15) is 9.59 Å². The highest BCUT2D eigenvalue weighted by Gasteiger charge is 2.41. The molecule has 5 heterocycles. The monoisotopic (exact) mass is 620 g/mol. The second-order valence-corrected chi connectivity index (χ2v) is 12.9. The molecule has 10 nitrogen and oxygen atoms in total. The summed E-state index contributed by atoms with van der Waals surface area (Å²) in [4.78, 5) is 42.4. The molecule has 11 heteroatoms. The molecule has 46 heavy (non-hydrogen) atoms. The lowest BCUT2D eigenvalue weighted by Gasteiger charge is -2.46. The molecule has 2 aliphatic rings. The summed E-state index contributed by atoms with van der Waals surface area (Å²) >= 11 is 0. The number of amides is 1. The number of hydrogen-bond acceptors (Lipinski definition) is 7. The minimum Gasteiger partial charge on any atom is -0.369 e. The number of rotatable bonds is 4. The number of hydrogen-bond donors (Lipinski definition) is 1. The van der Waals surface area contributed by atoms with Crippen molar-refractivity contribution in [1.29, 1.82) is 0 Å². The smallest absolute Gasteiger partial charge is 0.354 e. The van der Waals surface area contributed by atoms with Crippen LogP contribution in [-0.4, -0.2) is 74.3 Å². The van der Waals surface area contributed by atoms with Gasteiger partial charge in [-0.3, -0.25) is 19.4 Å². The van der Waals surface area contributed by atoms with Crippen LogP contribution in [0.2, 0.25) is 0 Å². The minimum absolute atomic E-state index is 0.0103. The van der Waals surface area contributed by atoms with E-state index in [2.05, 4.69) is 21.7 Å². The summed E-state index contributed by atoms with van der Waals surface area (Å²) in [7, 11) is 1.86. The molecule has 0 bridgehead atoms. The lowest BCUT2D eigenvalue weighted by molar-refractivity contribution is -0.127. The zero-order valence-electron chi connectivity index (χ0n) is 26.9. The first-order valence-electron chi connectivity index (χ1n) is 15.6. The van der Waals surface area contributed by atoms with E-state index >= 15 is 4.39 Å². The molecular weight excluding hydrogens is 583 g/mol. The van der Waals surface area contributed by atoms with Crippen LogP contribution in [0.15, 0.2) is 54.1 Å². The molecule has 0 radical (unpaired) electrons. The third-order valence-corrected chi connectivity index (χ3v) is 9.48. The Hall–Kier alpha value is -5.06. The van der Waals surface area contributed by atoms with Crippen molar-refractivity contribution < 1.29 is 9.18 Å². The van der Waals surface area contributed by atoms with E-state index in [0.29, 0.717) is 58.9 Å². The molecule has 0 saturated carbocycles. The fraction of sp³-hybridized carbons (Fsp3) is 0.343. The molecule has 2 aliphatic heterocycles. The van der Waals surface area contributed by atoms with E-state index in [1.54, 1.807) is 27.9 Å². The average molecular weight is 621 g/mol. The molecule has 2 atom stereocenters. The highest BCUT2D eigenvalue weighted by molar-refractivity contribution is 6.07. The van der Waals surface area contributed by atoms with Crippen molar-refractivity contribution in [3.63, 3.8) is 0 Å². The molecule has 5 aromatic rings.